The Morgan fingerprint density at radius 2 is 2.04 bits per heavy atom. The predicted octanol–water partition coefficient (Wildman–Crippen LogP) is 1.60. The van der Waals surface area contributed by atoms with E-state index in [0.717, 1.165) is 31.7 Å². The highest BCUT2D eigenvalue weighted by Gasteiger charge is 2.28. The molecule has 6 nitrogen and oxygen atoms in total. The Hall–Kier alpha value is -1.92. The summed E-state index contributed by atoms with van der Waals surface area (Å²) in [6.07, 6.45) is 0.232. The number of amides is 1. The molecule has 1 fully saturated rings. The van der Waals surface area contributed by atoms with Crippen LogP contribution in [0.1, 0.15) is 19.5 Å². The normalized spacial score (nSPS) is 16.6. The molecule has 0 saturated carbocycles. The van der Waals surface area contributed by atoms with Gasteiger partial charge in [0, 0.05) is 30.6 Å². The van der Waals surface area contributed by atoms with Crippen LogP contribution in [0.4, 0.5) is 0 Å². The van der Waals surface area contributed by atoms with Crippen molar-refractivity contribution in [2.45, 2.75) is 25.8 Å². The van der Waals surface area contributed by atoms with Gasteiger partial charge < -0.3 is 14.6 Å². The lowest BCUT2D eigenvalue weighted by molar-refractivity contribution is -0.121. The summed E-state index contributed by atoms with van der Waals surface area (Å²) in [5.74, 6) is -0.0367. The van der Waals surface area contributed by atoms with Gasteiger partial charge in [0.25, 0.3) is 0 Å². The number of carbonyl (C=O) groups excluding carboxylic acids is 1. The van der Waals surface area contributed by atoms with Gasteiger partial charge in [-0.15, -0.1) is 0 Å². The van der Waals surface area contributed by atoms with Crippen molar-refractivity contribution < 1.29 is 14.1 Å². The van der Waals surface area contributed by atoms with E-state index in [1.807, 2.05) is 24.3 Å². The Kier molecular flexibility index (Phi) is 4.63. The van der Waals surface area contributed by atoms with Crippen molar-refractivity contribution in [2.75, 3.05) is 32.8 Å². The van der Waals surface area contributed by atoms with E-state index in [2.05, 4.69) is 29.2 Å². The summed E-state index contributed by atoms with van der Waals surface area (Å²) in [4.78, 5) is 14.6. The van der Waals surface area contributed by atoms with Gasteiger partial charge in [-0.25, -0.2) is 0 Å². The first-order valence-electron chi connectivity index (χ1n) is 7.99. The number of nitrogens with one attached hydrogen (secondary N) is 1. The molecule has 2 aromatic rings. The van der Waals surface area contributed by atoms with Gasteiger partial charge in [0.05, 0.1) is 19.6 Å². The zero-order valence-corrected chi connectivity index (χ0v) is 13.7. The summed E-state index contributed by atoms with van der Waals surface area (Å²) in [5.41, 5.74) is 1.30. The molecule has 1 amide bonds. The fourth-order valence-electron chi connectivity index (χ4n) is 2.88. The maximum Gasteiger partial charge on any atom is 0.226 e. The maximum absolute atomic E-state index is 12.2. The number of fused-ring (bicyclic) bond motifs is 1. The minimum absolute atomic E-state index is 0.0367. The molecule has 0 aliphatic carbocycles. The zero-order chi connectivity index (χ0) is 16.3. The van der Waals surface area contributed by atoms with Crippen LogP contribution in [0.25, 0.3) is 11.0 Å². The van der Waals surface area contributed by atoms with E-state index in [0.29, 0.717) is 17.8 Å². The number of hydrogen-bond acceptors (Lipinski definition) is 5. The molecule has 124 valence electrons. The molecule has 0 unspecified atom stereocenters. The van der Waals surface area contributed by atoms with Crippen LogP contribution in [0, 0.1) is 0 Å². The summed E-state index contributed by atoms with van der Waals surface area (Å²) < 4.78 is 10.6. The average molecular weight is 317 g/mol. The first-order valence-corrected chi connectivity index (χ1v) is 7.99. The van der Waals surface area contributed by atoms with E-state index in [1.54, 1.807) is 0 Å². The summed E-state index contributed by atoms with van der Waals surface area (Å²) in [5, 5.41) is 7.93. The van der Waals surface area contributed by atoms with Gasteiger partial charge in [-0.05, 0) is 26.0 Å². The van der Waals surface area contributed by atoms with Gasteiger partial charge in [-0.2, -0.15) is 0 Å². The van der Waals surface area contributed by atoms with Crippen molar-refractivity contribution in [3.05, 3.63) is 30.0 Å². The van der Waals surface area contributed by atoms with Crippen LogP contribution in [0.5, 0.6) is 0 Å². The Labute approximate surface area is 135 Å². The monoisotopic (exact) mass is 317 g/mol. The minimum atomic E-state index is -0.0919. The molecule has 1 aromatic carbocycles. The third kappa shape index (κ3) is 3.71. The average Bonchev–Trinajstić information content (AvgIpc) is 2.97. The summed E-state index contributed by atoms with van der Waals surface area (Å²) >= 11 is 0. The minimum Gasteiger partial charge on any atom is -0.379 e. The Balaban J connectivity index is 1.57. The second-order valence-electron chi connectivity index (χ2n) is 6.49. The van der Waals surface area contributed by atoms with Crippen molar-refractivity contribution >= 4 is 16.9 Å². The number of morpholine rings is 1. The predicted molar refractivity (Wildman–Crippen MR) is 87.2 cm³/mol. The molecule has 0 radical (unpaired) electrons. The molecule has 1 saturated heterocycles. The SMILES string of the molecule is CC(C)(CNC(=O)Cc1noc2ccccc12)N1CCOCC1. The number of aromatic nitrogens is 1. The molecular weight excluding hydrogens is 294 g/mol. The molecule has 0 spiro atoms. The highest BCUT2D eigenvalue weighted by Crippen LogP contribution is 2.18. The van der Waals surface area contributed by atoms with E-state index >= 15 is 0 Å². The van der Waals surface area contributed by atoms with Crippen LogP contribution < -0.4 is 5.32 Å². The molecule has 1 aromatic heterocycles. The Morgan fingerprint density at radius 3 is 2.83 bits per heavy atom. The smallest absolute Gasteiger partial charge is 0.226 e. The molecule has 2 heterocycles. The third-order valence-electron chi connectivity index (χ3n) is 4.37. The second-order valence-corrected chi connectivity index (χ2v) is 6.49. The van der Waals surface area contributed by atoms with E-state index in [9.17, 15) is 4.79 Å². The first-order chi connectivity index (χ1) is 11.1. The lowest BCUT2D eigenvalue weighted by Crippen LogP contribution is -2.55. The number of carbonyl (C=O) groups is 1. The summed E-state index contributed by atoms with van der Waals surface area (Å²) in [6.45, 7) is 8.19. The first kappa shape index (κ1) is 16.0. The molecule has 1 N–H and O–H groups in total. The quantitative estimate of drug-likeness (QED) is 0.907. The standard InChI is InChI=1S/C17H23N3O3/c1-17(2,20-7-9-22-10-8-20)12-18-16(21)11-14-13-5-3-4-6-15(13)23-19-14/h3-6H,7-12H2,1-2H3,(H,18,21). The number of hydrogen-bond donors (Lipinski definition) is 1. The summed E-state index contributed by atoms with van der Waals surface area (Å²) in [7, 11) is 0. The summed E-state index contributed by atoms with van der Waals surface area (Å²) in [6, 6.07) is 7.59. The van der Waals surface area contributed by atoms with Crippen LogP contribution >= 0.6 is 0 Å². The second kappa shape index (κ2) is 6.68. The molecule has 6 heteroatoms. The molecular formula is C17H23N3O3. The number of rotatable bonds is 5. The Bertz CT molecular complexity index is 675. The largest absolute Gasteiger partial charge is 0.379 e. The topological polar surface area (TPSA) is 67.6 Å². The van der Waals surface area contributed by atoms with Gasteiger partial charge >= 0.3 is 0 Å². The highest BCUT2D eigenvalue weighted by atomic mass is 16.5. The Morgan fingerprint density at radius 1 is 1.30 bits per heavy atom. The maximum atomic E-state index is 12.2. The van der Waals surface area contributed by atoms with Crippen molar-refractivity contribution in [2.24, 2.45) is 0 Å². The van der Waals surface area contributed by atoms with E-state index in [-0.39, 0.29) is 17.9 Å². The van der Waals surface area contributed by atoms with Crippen molar-refractivity contribution in [1.29, 1.82) is 0 Å². The van der Waals surface area contributed by atoms with E-state index in [4.69, 9.17) is 9.26 Å². The zero-order valence-electron chi connectivity index (χ0n) is 13.7. The number of ether oxygens (including phenoxy) is 1. The molecule has 1 aliphatic heterocycles. The molecule has 0 atom stereocenters. The number of para-hydroxylation sites is 1. The van der Waals surface area contributed by atoms with Crippen LogP contribution in [0.2, 0.25) is 0 Å². The highest BCUT2D eigenvalue weighted by molar-refractivity contribution is 5.86. The van der Waals surface area contributed by atoms with Crippen molar-refractivity contribution in [3.8, 4) is 0 Å². The van der Waals surface area contributed by atoms with Crippen LogP contribution in [-0.2, 0) is 16.0 Å². The van der Waals surface area contributed by atoms with Crippen LogP contribution in [0.3, 0.4) is 0 Å². The fourth-order valence-corrected chi connectivity index (χ4v) is 2.88. The molecule has 23 heavy (non-hydrogen) atoms. The van der Waals surface area contributed by atoms with Gasteiger partial charge in [0.2, 0.25) is 5.91 Å². The van der Waals surface area contributed by atoms with Gasteiger partial charge in [0.15, 0.2) is 5.58 Å². The van der Waals surface area contributed by atoms with E-state index < -0.39 is 0 Å². The van der Waals surface area contributed by atoms with Crippen molar-refractivity contribution in [1.82, 2.24) is 15.4 Å². The molecule has 3 rings (SSSR count). The van der Waals surface area contributed by atoms with Crippen LogP contribution in [-0.4, -0.2) is 54.4 Å². The van der Waals surface area contributed by atoms with Gasteiger partial charge in [-0.3, -0.25) is 9.69 Å². The fraction of sp³-hybridized carbons (Fsp3) is 0.529. The van der Waals surface area contributed by atoms with Gasteiger partial charge in [-0.1, -0.05) is 17.3 Å². The number of benzene rings is 1. The molecule has 1 aliphatic rings. The van der Waals surface area contributed by atoms with Gasteiger partial charge in [0.1, 0.15) is 5.69 Å². The number of nitrogens with zero attached hydrogens (tertiary/aromatic N) is 2. The lowest BCUT2D eigenvalue weighted by atomic mass is 10.0. The lowest BCUT2D eigenvalue weighted by Gasteiger charge is -2.40. The van der Waals surface area contributed by atoms with Crippen molar-refractivity contribution in [3.63, 3.8) is 0 Å². The van der Waals surface area contributed by atoms with E-state index in [1.165, 1.54) is 0 Å². The van der Waals surface area contributed by atoms with Crippen LogP contribution in [0.15, 0.2) is 28.8 Å². The third-order valence-corrected chi connectivity index (χ3v) is 4.37. The molecule has 0 bridgehead atoms.